The highest BCUT2D eigenvalue weighted by atomic mass is 79.9. The Morgan fingerprint density at radius 3 is 1.67 bits per heavy atom. The van der Waals surface area contributed by atoms with Crippen molar-refractivity contribution < 1.29 is 24.3 Å². The Kier molecular flexibility index (Phi) is 6.90. The van der Waals surface area contributed by atoms with E-state index in [2.05, 4.69) is 22.0 Å². The SMILES string of the molecule is O=C1c2ccccc2C(=O)N1C1C=CCCC1.O=C1c2ccccc2C(=O)N1C1CCCC(O)C1Br. The molecule has 186 valence electrons. The van der Waals surface area contributed by atoms with Gasteiger partial charge < -0.3 is 5.11 Å². The van der Waals surface area contributed by atoms with Crippen LogP contribution in [0.1, 0.15) is 80.0 Å². The second kappa shape index (κ2) is 10.1. The molecule has 0 bridgehead atoms. The maximum absolute atomic E-state index is 12.4. The minimum atomic E-state index is -0.511. The number of alkyl halides is 1. The summed E-state index contributed by atoms with van der Waals surface area (Å²) in [4.78, 5) is 51.5. The van der Waals surface area contributed by atoms with Crippen LogP contribution >= 0.6 is 15.9 Å². The first kappa shape index (κ1) is 24.6. The predicted molar refractivity (Wildman–Crippen MR) is 137 cm³/mol. The number of carbonyl (C=O) groups is 4. The summed E-state index contributed by atoms with van der Waals surface area (Å²) in [6.07, 6.45) is 8.73. The molecular formula is C28H27BrN2O5. The molecule has 36 heavy (non-hydrogen) atoms. The number of hydrogen-bond acceptors (Lipinski definition) is 5. The van der Waals surface area contributed by atoms with Gasteiger partial charge in [0.15, 0.2) is 0 Å². The molecule has 7 nitrogen and oxygen atoms in total. The van der Waals surface area contributed by atoms with Crippen LogP contribution in [-0.2, 0) is 0 Å². The third-order valence-corrected chi connectivity index (χ3v) is 8.50. The van der Waals surface area contributed by atoms with Crippen LogP contribution in [-0.4, -0.2) is 61.5 Å². The van der Waals surface area contributed by atoms with Crippen molar-refractivity contribution in [2.24, 2.45) is 0 Å². The number of hydrogen-bond donors (Lipinski definition) is 1. The molecule has 0 radical (unpaired) electrons. The highest BCUT2D eigenvalue weighted by Gasteiger charge is 2.45. The molecule has 0 aromatic heterocycles. The molecule has 1 N–H and O–H groups in total. The molecule has 8 heteroatoms. The summed E-state index contributed by atoms with van der Waals surface area (Å²) in [6.45, 7) is 0. The molecule has 2 heterocycles. The lowest BCUT2D eigenvalue weighted by atomic mass is 9.91. The van der Waals surface area contributed by atoms with Crippen molar-refractivity contribution in [1.29, 1.82) is 0 Å². The number of aliphatic hydroxyl groups is 1. The Hall–Kier alpha value is -3.10. The Morgan fingerprint density at radius 1 is 0.694 bits per heavy atom. The Morgan fingerprint density at radius 2 is 1.19 bits per heavy atom. The highest BCUT2D eigenvalue weighted by Crippen LogP contribution is 2.34. The summed E-state index contributed by atoms with van der Waals surface area (Å²) in [5, 5.41) is 9.90. The number of imide groups is 2. The monoisotopic (exact) mass is 550 g/mol. The van der Waals surface area contributed by atoms with Gasteiger partial charge in [0.05, 0.1) is 45.3 Å². The minimum Gasteiger partial charge on any atom is -0.392 e. The van der Waals surface area contributed by atoms with Crippen molar-refractivity contribution >= 4 is 39.6 Å². The van der Waals surface area contributed by atoms with Gasteiger partial charge >= 0.3 is 0 Å². The Balaban J connectivity index is 0.000000149. The number of fused-ring (bicyclic) bond motifs is 2. The second-order valence-corrected chi connectivity index (χ2v) is 10.5. The zero-order valence-corrected chi connectivity index (χ0v) is 21.3. The number of benzene rings is 2. The van der Waals surface area contributed by atoms with Crippen molar-refractivity contribution in [1.82, 2.24) is 9.80 Å². The molecule has 0 saturated heterocycles. The third kappa shape index (κ3) is 4.22. The lowest BCUT2D eigenvalue weighted by Crippen LogP contribution is -2.50. The smallest absolute Gasteiger partial charge is 0.262 e. The van der Waals surface area contributed by atoms with Crippen molar-refractivity contribution in [3.05, 3.63) is 82.9 Å². The van der Waals surface area contributed by atoms with Gasteiger partial charge in [-0.25, -0.2) is 0 Å². The molecule has 2 aromatic rings. The molecular weight excluding hydrogens is 524 g/mol. The molecule has 2 aliphatic carbocycles. The standard InChI is InChI=1S/C14H14BrNO3.C14H13NO2/c15-12-10(6-3-7-11(12)17)16-13(18)8-4-1-2-5-9(8)14(16)19;16-13-11-8-4-5-9-12(11)14(17)15(13)10-6-2-1-3-7-10/h1-2,4-5,10-12,17H,3,6-7H2;2,4-6,8-10H,1,3,7H2. The van der Waals surface area contributed by atoms with E-state index in [0.29, 0.717) is 28.7 Å². The lowest BCUT2D eigenvalue weighted by molar-refractivity contribution is 0.0445. The number of aliphatic hydroxyl groups excluding tert-OH is 1. The number of rotatable bonds is 2. The first-order valence-electron chi connectivity index (χ1n) is 12.3. The van der Waals surface area contributed by atoms with Gasteiger partial charge in [-0.2, -0.15) is 0 Å². The fourth-order valence-corrected chi connectivity index (χ4v) is 6.18. The van der Waals surface area contributed by atoms with Crippen molar-refractivity contribution in [3.63, 3.8) is 0 Å². The number of allylic oxidation sites excluding steroid dienone is 1. The van der Waals surface area contributed by atoms with Crippen molar-refractivity contribution in [2.75, 3.05) is 0 Å². The highest BCUT2D eigenvalue weighted by molar-refractivity contribution is 9.09. The average Bonchev–Trinajstić information content (AvgIpc) is 3.31. The summed E-state index contributed by atoms with van der Waals surface area (Å²) < 4.78 is 0. The zero-order valence-electron chi connectivity index (χ0n) is 19.7. The van der Waals surface area contributed by atoms with Gasteiger partial charge in [0.25, 0.3) is 23.6 Å². The molecule has 0 spiro atoms. The second-order valence-electron chi connectivity index (χ2n) is 9.49. The van der Waals surface area contributed by atoms with Crippen LogP contribution in [0, 0.1) is 0 Å². The van der Waals surface area contributed by atoms with E-state index < -0.39 is 6.10 Å². The van der Waals surface area contributed by atoms with Gasteiger partial charge in [0, 0.05) is 0 Å². The van der Waals surface area contributed by atoms with Gasteiger partial charge in [-0.1, -0.05) is 52.3 Å². The van der Waals surface area contributed by atoms with Gasteiger partial charge in [-0.3, -0.25) is 29.0 Å². The van der Waals surface area contributed by atoms with E-state index in [0.717, 1.165) is 32.1 Å². The largest absolute Gasteiger partial charge is 0.392 e. The van der Waals surface area contributed by atoms with E-state index in [1.165, 1.54) is 9.80 Å². The van der Waals surface area contributed by atoms with Gasteiger partial charge in [-0.05, 0) is 62.8 Å². The van der Waals surface area contributed by atoms with Crippen molar-refractivity contribution in [2.45, 2.75) is 61.5 Å². The Bertz CT molecular complexity index is 1190. The molecule has 1 saturated carbocycles. The van der Waals surface area contributed by atoms with E-state index in [1.54, 1.807) is 48.5 Å². The predicted octanol–water partition coefficient (Wildman–Crippen LogP) is 4.35. The summed E-state index contributed by atoms with van der Waals surface area (Å²) in [6, 6.07) is 13.6. The maximum Gasteiger partial charge on any atom is 0.262 e. The number of carbonyl (C=O) groups excluding carboxylic acids is 4. The molecule has 6 rings (SSSR count). The summed E-state index contributed by atoms with van der Waals surface area (Å²) in [7, 11) is 0. The van der Waals surface area contributed by atoms with Gasteiger partial charge in [-0.15, -0.1) is 0 Å². The first-order valence-corrected chi connectivity index (χ1v) is 13.2. The lowest BCUT2D eigenvalue weighted by Gasteiger charge is -2.36. The summed E-state index contributed by atoms with van der Waals surface area (Å²) in [5.41, 5.74) is 2.01. The van der Waals surface area contributed by atoms with E-state index >= 15 is 0 Å². The van der Waals surface area contributed by atoms with E-state index in [-0.39, 0.29) is 40.5 Å². The maximum atomic E-state index is 12.4. The fraction of sp³-hybridized carbons (Fsp3) is 0.357. The quantitative estimate of drug-likeness (QED) is 0.340. The van der Waals surface area contributed by atoms with E-state index in [4.69, 9.17) is 0 Å². The zero-order chi connectivity index (χ0) is 25.4. The number of halogens is 1. The Labute approximate surface area is 217 Å². The van der Waals surface area contributed by atoms with Crippen LogP contribution in [0.4, 0.5) is 0 Å². The van der Waals surface area contributed by atoms with Crippen LogP contribution in [0.25, 0.3) is 0 Å². The molecule has 2 aliphatic heterocycles. The third-order valence-electron chi connectivity index (χ3n) is 7.28. The van der Waals surface area contributed by atoms with Gasteiger partial charge in [0.2, 0.25) is 0 Å². The minimum absolute atomic E-state index is 0.0591. The van der Waals surface area contributed by atoms with Crippen LogP contribution in [0.2, 0.25) is 0 Å². The van der Waals surface area contributed by atoms with E-state index in [9.17, 15) is 24.3 Å². The summed E-state index contributed by atoms with van der Waals surface area (Å²) in [5.74, 6) is -0.794. The van der Waals surface area contributed by atoms with Gasteiger partial charge in [0.1, 0.15) is 0 Å². The normalized spacial score (nSPS) is 27.1. The number of nitrogens with zero attached hydrogens (tertiary/aromatic N) is 2. The van der Waals surface area contributed by atoms with Crippen LogP contribution in [0.5, 0.6) is 0 Å². The van der Waals surface area contributed by atoms with Crippen LogP contribution in [0.3, 0.4) is 0 Å². The number of amides is 4. The first-order chi connectivity index (χ1) is 17.4. The van der Waals surface area contributed by atoms with Crippen LogP contribution < -0.4 is 0 Å². The van der Waals surface area contributed by atoms with Crippen molar-refractivity contribution in [3.8, 4) is 0 Å². The molecule has 4 amide bonds. The summed E-state index contributed by atoms with van der Waals surface area (Å²) >= 11 is 3.43. The molecule has 4 atom stereocenters. The fourth-order valence-electron chi connectivity index (χ4n) is 5.41. The molecule has 2 aromatic carbocycles. The molecule has 1 fully saturated rings. The van der Waals surface area contributed by atoms with E-state index in [1.807, 2.05) is 6.08 Å². The van der Waals surface area contributed by atoms with Crippen LogP contribution in [0.15, 0.2) is 60.7 Å². The average molecular weight is 551 g/mol. The topological polar surface area (TPSA) is 95.0 Å². The molecule has 4 aliphatic rings. The molecule has 4 unspecified atom stereocenters.